The molecule has 6 heteroatoms. The van der Waals surface area contributed by atoms with Crippen molar-refractivity contribution in [2.24, 2.45) is 0 Å². The molecule has 0 atom stereocenters. The van der Waals surface area contributed by atoms with Gasteiger partial charge in [-0.1, -0.05) is 23.7 Å². The minimum absolute atomic E-state index is 0.397. The van der Waals surface area contributed by atoms with Gasteiger partial charge >= 0.3 is 0 Å². The monoisotopic (exact) mass is 330 g/mol. The van der Waals surface area contributed by atoms with Crippen LogP contribution in [0, 0.1) is 0 Å². The lowest BCUT2D eigenvalue weighted by molar-refractivity contribution is -0.117. The van der Waals surface area contributed by atoms with Crippen molar-refractivity contribution >= 4 is 29.5 Å². The first kappa shape index (κ1) is 16.6. The molecule has 0 heterocycles. The third-order valence-corrected chi connectivity index (χ3v) is 3.20. The fourth-order valence-corrected chi connectivity index (χ4v) is 1.85. The van der Waals surface area contributed by atoms with E-state index >= 15 is 0 Å². The number of ether oxygens (including phenoxy) is 1. The Bertz CT molecular complexity index is 710. The Hall–Kier alpha value is -2.79. The Labute approximate surface area is 138 Å². The van der Waals surface area contributed by atoms with E-state index in [0.717, 1.165) is 11.3 Å². The SMILES string of the molecule is COc1ccc(C=CC(=O)NNC(=O)c2ccc(Cl)cc2)cc1. The highest BCUT2D eigenvalue weighted by Crippen LogP contribution is 2.12. The van der Waals surface area contributed by atoms with Gasteiger partial charge in [-0.25, -0.2) is 0 Å². The highest BCUT2D eigenvalue weighted by atomic mass is 35.5. The second-order valence-electron chi connectivity index (χ2n) is 4.56. The summed E-state index contributed by atoms with van der Waals surface area (Å²) in [4.78, 5) is 23.5. The van der Waals surface area contributed by atoms with Crippen LogP contribution in [-0.4, -0.2) is 18.9 Å². The van der Waals surface area contributed by atoms with Crippen LogP contribution in [-0.2, 0) is 4.79 Å². The zero-order valence-corrected chi connectivity index (χ0v) is 13.1. The van der Waals surface area contributed by atoms with Crippen molar-refractivity contribution in [1.82, 2.24) is 10.9 Å². The van der Waals surface area contributed by atoms with Crippen LogP contribution in [0.4, 0.5) is 0 Å². The first-order chi connectivity index (χ1) is 11.1. The van der Waals surface area contributed by atoms with E-state index < -0.39 is 11.8 Å². The number of carbonyl (C=O) groups excluding carboxylic acids is 2. The van der Waals surface area contributed by atoms with Gasteiger partial charge in [0.05, 0.1) is 7.11 Å². The molecule has 0 saturated heterocycles. The van der Waals surface area contributed by atoms with Gasteiger partial charge < -0.3 is 4.74 Å². The number of nitrogens with one attached hydrogen (secondary N) is 2. The Morgan fingerprint density at radius 3 is 2.26 bits per heavy atom. The summed E-state index contributed by atoms with van der Waals surface area (Å²) in [5, 5.41) is 0.535. The molecule has 2 N–H and O–H groups in total. The van der Waals surface area contributed by atoms with Gasteiger partial charge in [-0.3, -0.25) is 20.4 Å². The van der Waals surface area contributed by atoms with E-state index in [1.807, 2.05) is 12.1 Å². The maximum absolute atomic E-state index is 11.8. The highest BCUT2D eigenvalue weighted by Gasteiger charge is 2.05. The number of methoxy groups -OCH3 is 1. The average molecular weight is 331 g/mol. The van der Waals surface area contributed by atoms with Gasteiger partial charge in [0.15, 0.2) is 0 Å². The Kier molecular flexibility index (Phi) is 5.77. The number of hydrogen-bond acceptors (Lipinski definition) is 3. The number of hydrazine groups is 1. The number of benzene rings is 2. The van der Waals surface area contributed by atoms with Crippen molar-refractivity contribution in [1.29, 1.82) is 0 Å². The number of amides is 2. The molecule has 0 aliphatic rings. The Morgan fingerprint density at radius 2 is 1.65 bits per heavy atom. The molecule has 0 radical (unpaired) electrons. The van der Waals surface area contributed by atoms with E-state index in [0.29, 0.717) is 10.6 Å². The highest BCUT2D eigenvalue weighted by molar-refractivity contribution is 6.30. The standard InChI is InChI=1S/C17H15ClN2O3/c1-23-15-9-2-12(3-10-15)4-11-16(21)19-20-17(22)13-5-7-14(18)8-6-13/h2-11H,1H3,(H,19,21)(H,20,22). The maximum atomic E-state index is 11.8. The zero-order valence-electron chi connectivity index (χ0n) is 12.4. The molecule has 0 bridgehead atoms. The second-order valence-corrected chi connectivity index (χ2v) is 4.99. The van der Waals surface area contributed by atoms with Crippen molar-refractivity contribution in [3.05, 3.63) is 70.8 Å². The zero-order chi connectivity index (χ0) is 16.7. The maximum Gasteiger partial charge on any atom is 0.269 e. The van der Waals surface area contributed by atoms with Crippen molar-refractivity contribution in [3.63, 3.8) is 0 Å². The van der Waals surface area contributed by atoms with E-state index in [1.165, 1.54) is 6.08 Å². The summed E-state index contributed by atoms with van der Waals surface area (Å²) >= 11 is 5.74. The number of carbonyl (C=O) groups is 2. The normalized spacial score (nSPS) is 10.3. The van der Waals surface area contributed by atoms with Crippen LogP contribution >= 0.6 is 11.6 Å². The summed E-state index contributed by atoms with van der Waals surface area (Å²) < 4.78 is 5.05. The van der Waals surface area contributed by atoms with Crippen LogP contribution in [0.25, 0.3) is 6.08 Å². The summed E-state index contributed by atoms with van der Waals surface area (Å²) in [5.41, 5.74) is 5.86. The van der Waals surface area contributed by atoms with Crippen LogP contribution in [0.15, 0.2) is 54.6 Å². The third kappa shape index (κ3) is 5.16. The van der Waals surface area contributed by atoms with Crippen molar-refractivity contribution < 1.29 is 14.3 Å². The minimum atomic E-state index is -0.442. The molecule has 23 heavy (non-hydrogen) atoms. The smallest absolute Gasteiger partial charge is 0.269 e. The fraction of sp³-hybridized carbons (Fsp3) is 0.0588. The van der Waals surface area contributed by atoms with E-state index in [9.17, 15) is 9.59 Å². The third-order valence-electron chi connectivity index (χ3n) is 2.95. The number of rotatable bonds is 4. The van der Waals surface area contributed by atoms with Crippen LogP contribution < -0.4 is 15.6 Å². The Balaban J connectivity index is 1.85. The van der Waals surface area contributed by atoms with E-state index in [4.69, 9.17) is 16.3 Å². The summed E-state index contributed by atoms with van der Waals surface area (Å²) in [6, 6.07) is 13.5. The van der Waals surface area contributed by atoms with E-state index in [-0.39, 0.29) is 0 Å². The van der Waals surface area contributed by atoms with Gasteiger partial charge in [0.2, 0.25) is 0 Å². The molecule has 0 aromatic heterocycles. The molecule has 0 spiro atoms. The lowest BCUT2D eigenvalue weighted by Crippen LogP contribution is -2.40. The van der Waals surface area contributed by atoms with Gasteiger partial charge in [0, 0.05) is 16.7 Å². The van der Waals surface area contributed by atoms with Crippen LogP contribution in [0.1, 0.15) is 15.9 Å². The molecule has 118 valence electrons. The first-order valence-corrected chi connectivity index (χ1v) is 7.14. The van der Waals surface area contributed by atoms with Gasteiger partial charge in [-0.15, -0.1) is 0 Å². The van der Waals surface area contributed by atoms with Crippen molar-refractivity contribution in [2.75, 3.05) is 7.11 Å². The second kappa shape index (κ2) is 8.00. The molecule has 0 saturated carbocycles. The molecule has 5 nitrogen and oxygen atoms in total. The summed E-state index contributed by atoms with van der Waals surface area (Å²) in [6.07, 6.45) is 2.95. The largest absolute Gasteiger partial charge is 0.497 e. The molecule has 2 amide bonds. The minimum Gasteiger partial charge on any atom is -0.497 e. The average Bonchev–Trinajstić information content (AvgIpc) is 2.59. The van der Waals surface area contributed by atoms with Gasteiger partial charge in [0.1, 0.15) is 5.75 Å². The van der Waals surface area contributed by atoms with Gasteiger partial charge in [0.25, 0.3) is 11.8 Å². The predicted octanol–water partition coefficient (Wildman–Crippen LogP) is 2.82. The van der Waals surface area contributed by atoms with E-state index in [2.05, 4.69) is 10.9 Å². The molecule has 2 aromatic rings. The van der Waals surface area contributed by atoms with Crippen molar-refractivity contribution in [2.45, 2.75) is 0 Å². The molecular weight excluding hydrogens is 316 g/mol. The molecule has 0 unspecified atom stereocenters. The van der Waals surface area contributed by atoms with Gasteiger partial charge in [-0.05, 0) is 48.0 Å². The van der Waals surface area contributed by atoms with Crippen LogP contribution in [0.5, 0.6) is 5.75 Å². The lowest BCUT2D eigenvalue weighted by atomic mass is 10.2. The topological polar surface area (TPSA) is 67.4 Å². The van der Waals surface area contributed by atoms with E-state index in [1.54, 1.807) is 49.6 Å². The molecular formula is C17H15ClN2O3. The van der Waals surface area contributed by atoms with Crippen molar-refractivity contribution in [3.8, 4) is 5.75 Å². The number of halogens is 1. The fourth-order valence-electron chi connectivity index (χ4n) is 1.72. The predicted molar refractivity (Wildman–Crippen MR) is 89.1 cm³/mol. The lowest BCUT2D eigenvalue weighted by Gasteiger charge is -2.05. The molecule has 2 aromatic carbocycles. The first-order valence-electron chi connectivity index (χ1n) is 6.76. The van der Waals surface area contributed by atoms with Gasteiger partial charge in [-0.2, -0.15) is 0 Å². The molecule has 2 rings (SSSR count). The molecule has 0 fully saturated rings. The number of hydrogen-bond donors (Lipinski definition) is 2. The molecule has 0 aliphatic carbocycles. The summed E-state index contributed by atoms with van der Waals surface area (Å²) in [5.74, 6) is -0.127. The molecule has 0 aliphatic heterocycles. The van der Waals surface area contributed by atoms with Crippen LogP contribution in [0.2, 0.25) is 5.02 Å². The van der Waals surface area contributed by atoms with Crippen LogP contribution in [0.3, 0.4) is 0 Å². The summed E-state index contributed by atoms with van der Waals surface area (Å²) in [6.45, 7) is 0. The summed E-state index contributed by atoms with van der Waals surface area (Å²) in [7, 11) is 1.58. The quantitative estimate of drug-likeness (QED) is 0.669. The Morgan fingerprint density at radius 1 is 1.00 bits per heavy atom.